The summed E-state index contributed by atoms with van der Waals surface area (Å²) in [6.45, 7) is 1.06. The zero-order valence-corrected chi connectivity index (χ0v) is 9.59. The molecule has 1 N–H and O–H groups in total. The average Bonchev–Trinajstić information content (AvgIpc) is 2.21. The van der Waals surface area contributed by atoms with Crippen molar-refractivity contribution in [2.75, 3.05) is 5.32 Å². The zero-order chi connectivity index (χ0) is 14.8. The summed E-state index contributed by atoms with van der Waals surface area (Å²) >= 11 is 0. The van der Waals surface area contributed by atoms with Gasteiger partial charge < -0.3 is 5.32 Å². The van der Waals surface area contributed by atoms with Crippen molar-refractivity contribution in [3.63, 3.8) is 0 Å². The van der Waals surface area contributed by atoms with Crippen LogP contribution in [0.4, 0.5) is 33.3 Å². The largest absolute Gasteiger partial charge is 0.391 e. The van der Waals surface area contributed by atoms with Crippen LogP contribution >= 0.6 is 0 Å². The molecule has 0 fully saturated rings. The lowest BCUT2D eigenvalue weighted by molar-refractivity contribution is -0.384. The summed E-state index contributed by atoms with van der Waals surface area (Å²) in [5.74, 6) is -2.96. The van der Waals surface area contributed by atoms with Gasteiger partial charge in [-0.05, 0) is 13.0 Å². The Kier molecular flexibility index (Phi) is 4.28. The molecule has 1 atom stereocenters. The highest BCUT2D eigenvalue weighted by molar-refractivity contribution is 5.62. The lowest BCUT2D eigenvalue weighted by Gasteiger charge is -2.17. The molecule has 4 nitrogen and oxygen atoms in total. The maximum absolute atomic E-state index is 13.4. The van der Waals surface area contributed by atoms with E-state index in [0.29, 0.717) is 12.1 Å². The third kappa shape index (κ3) is 4.04. The molecule has 106 valence electrons. The van der Waals surface area contributed by atoms with Crippen LogP contribution in [0.25, 0.3) is 0 Å². The number of hydrogen-bond acceptors (Lipinski definition) is 3. The molecule has 0 amide bonds. The highest BCUT2D eigenvalue weighted by Gasteiger charge is 2.31. The van der Waals surface area contributed by atoms with E-state index in [1.54, 1.807) is 0 Å². The number of nitro groups is 1. The molecule has 1 rings (SSSR count). The van der Waals surface area contributed by atoms with Crippen LogP contribution in [-0.4, -0.2) is 17.1 Å². The van der Waals surface area contributed by atoms with Crippen LogP contribution in [0.5, 0.6) is 0 Å². The predicted octanol–water partition coefficient (Wildman–Crippen LogP) is 3.63. The monoisotopic (exact) mass is 284 g/mol. The lowest BCUT2D eigenvalue weighted by atomic mass is 10.2. The molecule has 0 spiro atoms. The maximum Gasteiger partial charge on any atom is 0.391 e. The number of rotatable bonds is 4. The molecule has 1 aromatic rings. The number of nitrogens with zero attached hydrogens (tertiary/aromatic N) is 1. The molecule has 0 heterocycles. The zero-order valence-electron chi connectivity index (χ0n) is 9.59. The van der Waals surface area contributed by atoms with Crippen molar-refractivity contribution in [3.8, 4) is 0 Å². The third-order valence-corrected chi connectivity index (χ3v) is 2.20. The quantitative estimate of drug-likeness (QED) is 0.522. The number of anilines is 1. The van der Waals surface area contributed by atoms with Gasteiger partial charge in [0.25, 0.3) is 5.69 Å². The Morgan fingerprint density at radius 2 is 1.95 bits per heavy atom. The van der Waals surface area contributed by atoms with Gasteiger partial charge in [0, 0.05) is 12.1 Å². The van der Waals surface area contributed by atoms with Crippen LogP contribution in [-0.2, 0) is 0 Å². The van der Waals surface area contributed by atoms with Crippen LogP contribution in [0.1, 0.15) is 13.3 Å². The van der Waals surface area contributed by atoms with Gasteiger partial charge in [-0.25, -0.2) is 8.78 Å². The number of hydrogen-bond donors (Lipinski definition) is 1. The summed E-state index contributed by atoms with van der Waals surface area (Å²) in [5.41, 5.74) is -1.71. The molecule has 19 heavy (non-hydrogen) atoms. The molecule has 0 saturated carbocycles. The number of nitro benzene ring substituents is 1. The van der Waals surface area contributed by atoms with Gasteiger partial charge in [0.1, 0.15) is 0 Å². The second-order valence-electron chi connectivity index (χ2n) is 3.88. The number of benzene rings is 1. The Labute approximate surface area is 104 Å². The first-order chi connectivity index (χ1) is 8.61. The predicted molar refractivity (Wildman–Crippen MR) is 56.8 cm³/mol. The van der Waals surface area contributed by atoms with Gasteiger partial charge in [0.15, 0.2) is 17.3 Å². The Bertz CT molecular complexity index is 490. The van der Waals surface area contributed by atoms with Crippen LogP contribution < -0.4 is 5.32 Å². The highest BCUT2D eigenvalue weighted by atomic mass is 19.4. The van der Waals surface area contributed by atoms with Gasteiger partial charge in [-0.1, -0.05) is 0 Å². The number of nitrogens with one attached hydrogen (secondary N) is 1. The molecule has 1 aromatic carbocycles. The molecule has 9 heteroatoms. The second kappa shape index (κ2) is 5.37. The van der Waals surface area contributed by atoms with E-state index in [-0.39, 0.29) is 0 Å². The van der Waals surface area contributed by atoms with E-state index in [4.69, 9.17) is 0 Å². The van der Waals surface area contributed by atoms with Gasteiger partial charge in [0.2, 0.25) is 0 Å². The average molecular weight is 284 g/mol. The molecule has 0 bridgehead atoms. The minimum Gasteiger partial charge on any atom is -0.374 e. The number of halogens is 5. The van der Waals surface area contributed by atoms with E-state index >= 15 is 0 Å². The summed E-state index contributed by atoms with van der Waals surface area (Å²) < 4.78 is 62.7. The molecular formula is C10H9F5N2O2. The maximum atomic E-state index is 13.4. The fourth-order valence-corrected chi connectivity index (χ4v) is 1.47. The van der Waals surface area contributed by atoms with Crippen LogP contribution in [0, 0.1) is 21.7 Å². The summed E-state index contributed by atoms with van der Waals surface area (Å²) in [6, 6.07) is -0.122. The molecule has 0 aliphatic heterocycles. The lowest BCUT2D eigenvalue weighted by Crippen LogP contribution is -2.25. The van der Waals surface area contributed by atoms with Gasteiger partial charge in [-0.2, -0.15) is 13.2 Å². The summed E-state index contributed by atoms with van der Waals surface area (Å²) in [7, 11) is 0. The Balaban J connectivity index is 3.05. The Morgan fingerprint density at radius 1 is 1.37 bits per heavy atom. The summed E-state index contributed by atoms with van der Waals surface area (Å²) in [6.07, 6.45) is -5.86. The molecule has 0 radical (unpaired) electrons. The standard InChI is InChI=1S/C10H9F5N2O2/c1-5(4-10(13,14)15)16-9-7(17(18)19)3-2-6(11)8(9)12/h2-3,5,16H,4H2,1H3. The summed E-state index contributed by atoms with van der Waals surface area (Å²) in [5, 5.41) is 12.6. The van der Waals surface area contributed by atoms with Crippen molar-refractivity contribution in [1.29, 1.82) is 0 Å². The van der Waals surface area contributed by atoms with Crippen LogP contribution in [0.15, 0.2) is 12.1 Å². The molecule has 0 aliphatic rings. The molecule has 0 aromatic heterocycles. The SMILES string of the molecule is CC(CC(F)(F)F)Nc1c([N+](=O)[O-])ccc(F)c1F. The van der Waals surface area contributed by atoms with Crippen molar-refractivity contribution < 1.29 is 26.9 Å². The smallest absolute Gasteiger partial charge is 0.374 e. The fraction of sp³-hybridized carbons (Fsp3) is 0.400. The Morgan fingerprint density at radius 3 is 2.42 bits per heavy atom. The normalized spacial score (nSPS) is 13.2. The first-order valence-electron chi connectivity index (χ1n) is 5.07. The molecular weight excluding hydrogens is 275 g/mol. The van der Waals surface area contributed by atoms with E-state index in [0.717, 1.165) is 6.92 Å². The van der Waals surface area contributed by atoms with Crippen molar-refractivity contribution in [1.82, 2.24) is 0 Å². The molecule has 1 unspecified atom stereocenters. The van der Waals surface area contributed by atoms with Gasteiger partial charge in [-0.3, -0.25) is 10.1 Å². The highest BCUT2D eigenvalue weighted by Crippen LogP contribution is 2.31. The number of alkyl halides is 3. The van der Waals surface area contributed by atoms with E-state index < -0.39 is 46.6 Å². The van der Waals surface area contributed by atoms with Gasteiger partial charge >= 0.3 is 6.18 Å². The minimum atomic E-state index is -4.52. The van der Waals surface area contributed by atoms with Crippen molar-refractivity contribution in [2.45, 2.75) is 25.6 Å². The summed E-state index contributed by atoms with van der Waals surface area (Å²) in [4.78, 5) is 9.60. The van der Waals surface area contributed by atoms with Crippen molar-refractivity contribution in [2.24, 2.45) is 0 Å². The van der Waals surface area contributed by atoms with E-state index in [9.17, 15) is 32.1 Å². The van der Waals surface area contributed by atoms with Crippen molar-refractivity contribution >= 4 is 11.4 Å². The first kappa shape index (κ1) is 15.1. The molecule has 0 aliphatic carbocycles. The minimum absolute atomic E-state index is 0.535. The fourth-order valence-electron chi connectivity index (χ4n) is 1.47. The Hall–Kier alpha value is -1.93. The van der Waals surface area contributed by atoms with E-state index in [2.05, 4.69) is 0 Å². The van der Waals surface area contributed by atoms with E-state index in [1.807, 2.05) is 5.32 Å². The molecule has 0 saturated heterocycles. The second-order valence-corrected chi connectivity index (χ2v) is 3.88. The van der Waals surface area contributed by atoms with Crippen LogP contribution in [0.3, 0.4) is 0 Å². The van der Waals surface area contributed by atoms with E-state index in [1.165, 1.54) is 0 Å². The topological polar surface area (TPSA) is 55.2 Å². The van der Waals surface area contributed by atoms with Crippen LogP contribution in [0.2, 0.25) is 0 Å². The van der Waals surface area contributed by atoms with Crippen molar-refractivity contribution in [3.05, 3.63) is 33.9 Å². The third-order valence-electron chi connectivity index (χ3n) is 2.20. The van der Waals surface area contributed by atoms with Gasteiger partial charge in [0.05, 0.1) is 11.3 Å². The van der Waals surface area contributed by atoms with Gasteiger partial charge in [-0.15, -0.1) is 0 Å². The first-order valence-corrected chi connectivity index (χ1v) is 5.07.